The van der Waals surface area contributed by atoms with Crippen LogP contribution in [0.2, 0.25) is 5.02 Å². The van der Waals surface area contributed by atoms with Crippen molar-refractivity contribution in [3.63, 3.8) is 0 Å². The highest BCUT2D eigenvalue weighted by molar-refractivity contribution is 7.99. The van der Waals surface area contributed by atoms with Crippen LogP contribution in [-0.2, 0) is 16.1 Å². The summed E-state index contributed by atoms with van der Waals surface area (Å²) in [6.45, 7) is 4.21. The van der Waals surface area contributed by atoms with Crippen molar-refractivity contribution in [3.05, 3.63) is 29.3 Å². The summed E-state index contributed by atoms with van der Waals surface area (Å²) in [5, 5.41) is 13.0. The summed E-state index contributed by atoms with van der Waals surface area (Å²) in [6.07, 6.45) is 3.18. The Morgan fingerprint density at radius 1 is 1.38 bits per heavy atom. The number of nitrogens with zero attached hydrogens (tertiary/aromatic N) is 3. The lowest BCUT2D eigenvalue weighted by atomic mass is 10.2. The van der Waals surface area contributed by atoms with E-state index < -0.39 is 0 Å². The van der Waals surface area contributed by atoms with Crippen molar-refractivity contribution in [2.45, 2.75) is 44.0 Å². The Morgan fingerprint density at radius 3 is 2.88 bits per heavy atom. The molecule has 0 bridgehead atoms. The summed E-state index contributed by atoms with van der Waals surface area (Å²) in [7, 11) is 0. The lowest BCUT2D eigenvalue weighted by Crippen LogP contribution is -2.26. The Hall–Kier alpha value is -1.57. The standard InChI is InChI=1S/C18H23ClN4O2S/c1-2-9-20-16(24)12-26-18-22-21-17(13-5-7-14(19)8-6-13)23(18)11-15-4-3-10-25-15/h5-8,15H,2-4,9-12H2,1H3,(H,20,24)/t15-/m1/s1. The number of hydrogen-bond acceptors (Lipinski definition) is 5. The quantitative estimate of drug-likeness (QED) is 0.695. The van der Waals surface area contributed by atoms with Crippen LogP contribution in [0, 0.1) is 0 Å². The first-order chi connectivity index (χ1) is 12.7. The Kier molecular flexibility index (Phi) is 6.93. The molecule has 0 unspecified atom stereocenters. The van der Waals surface area contributed by atoms with Crippen molar-refractivity contribution in [3.8, 4) is 11.4 Å². The Balaban J connectivity index is 1.79. The first-order valence-electron chi connectivity index (χ1n) is 8.87. The molecular weight excluding hydrogens is 372 g/mol. The molecule has 1 aromatic carbocycles. The minimum absolute atomic E-state index is 0.0107. The zero-order chi connectivity index (χ0) is 18.4. The van der Waals surface area contributed by atoms with Crippen LogP contribution < -0.4 is 5.32 Å². The van der Waals surface area contributed by atoms with E-state index in [0.717, 1.165) is 42.4 Å². The number of carbonyl (C=O) groups is 1. The van der Waals surface area contributed by atoms with E-state index in [0.29, 0.717) is 23.9 Å². The largest absolute Gasteiger partial charge is 0.376 e. The van der Waals surface area contributed by atoms with Crippen LogP contribution in [0.15, 0.2) is 29.4 Å². The number of carbonyl (C=O) groups excluding carboxylic acids is 1. The van der Waals surface area contributed by atoms with E-state index in [1.54, 1.807) is 0 Å². The minimum Gasteiger partial charge on any atom is -0.376 e. The second-order valence-corrected chi connectivity index (χ2v) is 7.58. The fourth-order valence-corrected chi connectivity index (χ4v) is 3.71. The number of hydrogen-bond donors (Lipinski definition) is 1. The van der Waals surface area contributed by atoms with Gasteiger partial charge in [-0.1, -0.05) is 30.3 Å². The minimum atomic E-state index is 0.0107. The molecule has 0 spiro atoms. The molecule has 2 heterocycles. The number of nitrogens with one attached hydrogen (secondary N) is 1. The molecule has 1 aliphatic heterocycles. The maximum absolute atomic E-state index is 11.9. The van der Waals surface area contributed by atoms with Crippen LogP contribution in [0.5, 0.6) is 0 Å². The topological polar surface area (TPSA) is 69.0 Å². The highest BCUT2D eigenvalue weighted by Gasteiger charge is 2.22. The molecule has 3 rings (SSSR count). The molecule has 6 nitrogen and oxygen atoms in total. The van der Waals surface area contributed by atoms with Gasteiger partial charge in [-0.3, -0.25) is 9.36 Å². The van der Waals surface area contributed by atoms with Crippen LogP contribution >= 0.6 is 23.4 Å². The average molecular weight is 395 g/mol. The van der Waals surface area contributed by atoms with E-state index >= 15 is 0 Å². The fraction of sp³-hybridized carbons (Fsp3) is 0.500. The molecule has 26 heavy (non-hydrogen) atoms. The Morgan fingerprint density at radius 2 is 2.19 bits per heavy atom. The summed E-state index contributed by atoms with van der Waals surface area (Å²) in [6, 6.07) is 7.54. The van der Waals surface area contributed by atoms with Gasteiger partial charge >= 0.3 is 0 Å². The second-order valence-electron chi connectivity index (χ2n) is 6.20. The van der Waals surface area contributed by atoms with Gasteiger partial charge in [-0.25, -0.2) is 0 Å². The number of benzene rings is 1. The van der Waals surface area contributed by atoms with Gasteiger partial charge in [0.25, 0.3) is 0 Å². The summed E-state index contributed by atoms with van der Waals surface area (Å²) in [5.74, 6) is 1.11. The first-order valence-corrected chi connectivity index (χ1v) is 10.2. The molecule has 0 radical (unpaired) electrons. The zero-order valence-electron chi connectivity index (χ0n) is 14.8. The van der Waals surface area contributed by atoms with Crippen molar-refractivity contribution >= 4 is 29.3 Å². The fourth-order valence-electron chi connectivity index (χ4n) is 2.81. The number of rotatable bonds is 8. The van der Waals surface area contributed by atoms with Gasteiger partial charge < -0.3 is 10.1 Å². The van der Waals surface area contributed by atoms with E-state index in [2.05, 4.69) is 20.1 Å². The summed E-state index contributed by atoms with van der Waals surface area (Å²) >= 11 is 7.40. The van der Waals surface area contributed by atoms with E-state index in [1.807, 2.05) is 31.2 Å². The predicted octanol–water partition coefficient (Wildman–Crippen LogP) is 3.40. The maximum Gasteiger partial charge on any atom is 0.230 e. The van der Waals surface area contributed by atoms with Crippen molar-refractivity contribution < 1.29 is 9.53 Å². The normalized spacial score (nSPS) is 16.8. The van der Waals surface area contributed by atoms with Crippen LogP contribution in [0.3, 0.4) is 0 Å². The van der Waals surface area contributed by atoms with Gasteiger partial charge in [0.05, 0.1) is 18.4 Å². The smallest absolute Gasteiger partial charge is 0.230 e. The van der Waals surface area contributed by atoms with Gasteiger partial charge in [0.15, 0.2) is 11.0 Å². The third kappa shape index (κ3) is 4.99. The summed E-state index contributed by atoms with van der Waals surface area (Å²) < 4.78 is 7.84. The van der Waals surface area contributed by atoms with Gasteiger partial charge in [0, 0.05) is 23.7 Å². The highest BCUT2D eigenvalue weighted by Crippen LogP contribution is 2.27. The maximum atomic E-state index is 11.9. The van der Waals surface area contributed by atoms with E-state index in [4.69, 9.17) is 16.3 Å². The lowest BCUT2D eigenvalue weighted by molar-refractivity contribution is -0.118. The lowest BCUT2D eigenvalue weighted by Gasteiger charge is -2.14. The monoisotopic (exact) mass is 394 g/mol. The van der Waals surface area contributed by atoms with Gasteiger partial charge in [0.2, 0.25) is 5.91 Å². The first kappa shape index (κ1) is 19.2. The molecule has 1 aromatic heterocycles. The Bertz CT molecular complexity index is 729. The van der Waals surface area contributed by atoms with Gasteiger partial charge in [-0.15, -0.1) is 10.2 Å². The molecule has 1 N–H and O–H groups in total. The second kappa shape index (κ2) is 9.39. The zero-order valence-corrected chi connectivity index (χ0v) is 16.4. The van der Waals surface area contributed by atoms with Crippen molar-refractivity contribution in [2.24, 2.45) is 0 Å². The van der Waals surface area contributed by atoms with Crippen LogP contribution in [-0.4, -0.2) is 45.7 Å². The molecule has 1 fully saturated rings. The number of thioether (sulfide) groups is 1. The molecule has 0 saturated carbocycles. The van der Waals surface area contributed by atoms with Crippen molar-refractivity contribution in [2.75, 3.05) is 18.9 Å². The molecular formula is C18H23ClN4O2S. The number of ether oxygens (including phenoxy) is 1. The SMILES string of the molecule is CCCNC(=O)CSc1nnc(-c2ccc(Cl)cc2)n1C[C@H]1CCCO1. The Labute approximate surface area is 162 Å². The molecule has 0 aliphatic carbocycles. The molecule has 2 aromatic rings. The van der Waals surface area contributed by atoms with Crippen molar-refractivity contribution in [1.29, 1.82) is 0 Å². The van der Waals surface area contributed by atoms with Gasteiger partial charge in [0.1, 0.15) is 0 Å². The number of aromatic nitrogens is 3. The molecule has 140 valence electrons. The van der Waals surface area contributed by atoms with Crippen molar-refractivity contribution in [1.82, 2.24) is 20.1 Å². The van der Waals surface area contributed by atoms with Gasteiger partial charge in [-0.05, 0) is 43.5 Å². The van der Waals surface area contributed by atoms with E-state index in [-0.39, 0.29) is 12.0 Å². The van der Waals surface area contributed by atoms with Crippen LogP contribution in [0.1, 0.15) is 26.2 Å². The third-order valence-corrected chi connectivity index (χ3v) is 5.35. The molecule has 8 heteroatoms. The number of amides is 1. The molecule has 1 atom stereocenters. The summed E-state index contributed by atoms with van der Waals surface area (Å²) in [5.41, 5.74) is 0.946. The molecule has 1 aliphatic rings. The predicted molar refractivity (Wildman–Crippen MR) is 103 cm³/mol. The van der Waals surface area contributed by atoms with E-state index in [1.165, 1.54) is 11.8 Å². The average Bonchev–Trinajstić information content (AvgIpc) is 3.29. The van der Waals surface area contributed by atoms with E-state index in [9.17, 15) is 4.79 Å². The van der Waals surface area contributed by atoms with Crippen LogP contribution in [0.25, 0.3) is 11.4 Å². The van der Waals surface area contributed by atoms with Gasteiger partial charge in [-0.2, -0.15) is 0 Å². The summed E-state index contributed by atoms with van der Waals surface area (Å²) in [4.78, 5) is 11.9. The third-order valence-electron chi connectivity index (χ3n) is 4.13. The molecule has 1 saturated heterocycles. The molecule has 1 amide bonds. The number of halogens is 1. The van der Waals surface area contributed by atoms with Crippen LogP contribution in [0.4, 0.5) is 0 Å². The highest BCUT2D eigenvalue weighted by atomic mass is 35.5.